The number of aromatic nitrogens is 1. The Balaban J connectivity index is 2.04. The van der Waals surface area contributed by atoms with Gasteiger partial charge in [0.05, 0.1) is 29.8 Å². The minimum Gasteiger partial charge on any atom is -0.444 e. The second kappa shape index (κ2) is 4.89. The summed E-state index contributed by atoms with van der Waals surface area (Å²) >= 11 is 0. The molecule has 4 atom stereocenters. The fraction of sp³-hybridized carbons (Fsp3) is 0.389. The molecule has 25 heavy (non-hydrogen) atoms. The van der Waals surface area contributed by atoms with Crippen LogP contribution in [0.2, 0.25) is 0 Å². The molecule has 122 valence electrons. The summed E-state index contributed by atoms with van der Waals surface area (Å²) in [5.41, 5.74) is -3.27. The molecule has 2 bridgehead atoms. The minimum atomic E-state index is -1.93. The van der Waals surface area contributed by atoms with Gasteiger partial charge in [-0.25, -0.2) is 0 Å². The smallest absolute Gasteiger partial charge is 0.237 e. The van der Waals surface area contributed by atoms with Crippen LogP contribution in [0.4, 0.5) is 0 Å². The zero-order valence-electron chi connectivity index (χ0n) is 13.1. The molecular weight excluding hydrogens is 318 g/mol. The van der Waals surface area contributed by atoms with Crippen LogP contribution >= 0.6 is 0 Å². The van der Waals surface area contributed by atoms with Crippen molar-refractivity contribution in [3.8, 4) is 18.2 Å². The molecule has 3 heterocycles. The van der Waals surface area contributed by atoms with Crippen LogP contribution in [0.5, 0.6) is 0 Å². The number of nitrogens with one attached hydrogen (secondary N) is 1. The Morgan fingerprint density at radius 2 is 2.00 bits per heavy atom. The Hall–Kier alpha value is -3.21. The second-order valence-corrected chi connectivity index (χ2v) is 6.39. The van der Waals surface area contributed by atoms with Crippen LogP contribution in [0.1, 0.15) is 24.6 Å². The van der Waals surface area contributed by atoms with E-state index in [0.717, 1.165) is 0 Å². The molecule has 0 saturated carbocycles. The maximum Gasteiger partial charge on any atom is 0.237 e. The summed E-state index contributed by atoms with van der Waals surface area (Å²) in [7, 11) is 0. The van der Waals surface area contributed by atoms with Gasteiger partial charge in [0.25, 0.3) is 0 Å². The molecule has 0 radical (unpaired) electrons. The highest BCUT2D eigenvalue weighted by molar-refractivity contribution is 5.89. The van der Waals surface area contributed by atoms with Crippen molar-refractivity contribution in [1.29, 1.82) is 21.2 Å². The number of hydrogen-bond acceptors (Lipinski definition) is 7. The van der Waals surface area contributed by atoms with Crippen LogP contribution in [0.3, 0.4) is 0 Å². The standard InChI is InChI=1S/C18H13N5O2/c19-9-16(10-20)14(12-5-2-4-8-23-12)24-18-7-3-1-6-13(18)17(16,11-21)15(22)25-18/h2-5,7-8,13-14,22H,1,6H2. The van der Waals surface area contributed by atoms with Gasteiger partial charge < -0.3 is 9.47 Å². The second-order valence-electron chi connectivity index (χ2n) is 6.39. The van der Waals surface area contributed by atoms with E-state index in [0.29, 0.717) is 18.5 Å². The molecule has 3 aliphatic rings. The molecular formula is C18H13N5O2. The predicted octanol–water partition coefficient (Wildman–Crippen LogP) is 2.37. The van der Waals surface area contributed by atoms with E-state index < -0.39 is 28.6 Å². The Morgan fingerprint density at radius 3 is 2.64 bits per heavy atom. The molecule has 2 saturated heterocycles. The number of nitrogens with zero attached hydrogens (tertiary/aromatic N) is 4. The Kier molecular flexibility index (Phi) is 3.00. The molecule has 2 aliphatic heterocycles. The maximum absolute atomic E-state index is 10.1. The van der Waals surface area contributed by atoms with Crippen LogP contribution in [-0.4, -0.2) is 16.7 Å². The summed E-state index contributed by atoms with van der Waals surface area (Å²) in [6, 6.07) is 11.2. The Labute approximate surface area is 144 Å². The van der Waals surface area contributed by atoms with E-state index >= 15 is 0 Å². The van der Waals surface area contributed by atoms with Crippen molar-refractivity contribution < 1.29 is 9.47 Å². The Morgan fingerprint density at radius 1 is 1.20 bits per heavy atom. The van der Waals surface area contributed by atoms with Gasteiger partial charge in [-0.3, -0.25) is 10.4 Å². The third kappa shape index (κ3) is 1.55. The molecule has 1 aromatic rings. The van der Waals surface area contributed by atoms with Crippen molar-refractivity contribution in [1.82, 2.24) is 4.98 Å². The van der Waals surface area contributed by atoms with Gasteiger partial charge in [0.1, 0.15) is 6.10 Å². The van der Waals surface area contributed by atoms with Gasteiger partial charge in [0.2, 0.25) is 17.1 Å². The lowest BCUT2D eigenvalue weighted by Gasteiger charge is -2.49. The van der Waals surface area contributed by atoms with Crippen LogP contribution in [0.25, 0.3) is 0 Å². The molecule has 4 unspecified atom stereocenters. The van der Waals surface area contributed by atoms with Crippen molar-refractivity contribution in [2.45, 2.75) is 24.7 Å². The minimum absolute atomic E-state index is 0.361. The summed E-state index contributed by atoms with van der Waals surface area (Å²) in [5, 5.41) is 38.4. The van der Waals surface area contributed by atoms with Crippen LogP contribution in [0.15, 0.2) is 36.5 Å². The molecule has 0 amide bonds. The number of ether oxygens (including phenoxy) is 2. The summed E-state index contributed by atoms with van der Waals surface area (Å²) in [4.78, 5) is 4.23. The zero-order valence-corrected chi connectivity index (χ0v) is 13.1. The lowest BCUT2D eigenvalue weighted by Crippen LogP contribution is -2.59. The molecule has 1 N–H and O–H groups in total. The number of allylic oxidation sites excluding steroid dienone is 1. The quantitative estimate of drug-likeness (QED) is 0.787. The first kappa shape index (κ1) is 15.3. The van der Waals surface area contributed by atoms with E-state index in [4.69, 9.17) is 14.9 Å². The topological polar surface area (TPSA) is 127 Å². The molecule has 1 aliphatic carbocycles. The number of pyridine rings is 1. The van der Waals surface area contributed by atoms with Gasteiger partial charge in [-0.05, 0) is 31.1 Å². The lowest BCUT2D eigenvalue weighted by atomic mass is 9.52. The summed E-state index contributed by atoms with van der Waals surface area (Å²) in [5.74, 6) is -2.29. The van der Waals surface area contributed by atoms with E-state index in [1.54, 1.807) is 24.3 Å². The van der Waals surface area contributed by atoms with Crippen LogP contribution in [0, 0.1) is 56.2 Å². The zero-order chi connectivity index (χ0) is 17.7. The molecule has 4 rings (SSSR count). The predicted molar refractivity (Wildman–Crippen MR) is 83.2 cm³/mol. The number of nitriles is 3. The first-order valence-corrected chi connectivity index (χ1v) is 7.88. The average Bonchev–Trinajstić information content (AvgIpc) is 2.87. The van der Waals surface area contributed by atoms with Crippen molar-refractivity contribution >= 4 is 5.90 Å². The van der Waals surface area contributed by atoms with Crippen LogP contribution in [-0.2, 0) is 9.47 Å². The fourth-order valence-corrected chi connectivity index (χ4v) is 4.28. The third-order valence-electron chi connectivity index (χ3n) is 5.40. The summed E-state index contributed by atoms with van der Waals surface area (Å²) in [6.45, 7) is 0. The monoisotopic (exact) mass is 331 g/mol. The van der Waals surface area contributed by atoms with Crippen molar-refractivity contribution in [2.24, 2.45) is 16.7 Å². The highest BCUT2D eigenvalue weighted by atomic mass is 16.7. The van der Waals surface area contributed by atoms with E-state index in [2.05, 4.69) is 11.1 Å². The van der Waals surface area contributed by atoms with Crippen molar-refractivity contribution in [3.63, 3.8) is 0 Å². The number of rotatable bonds is 1. The van der Waals surface area contributed by atoms with Gasteiger partial charge in [-0.1, -0.05) is 12.1 Å². The lowest BCUT2D eigenvalue weighted by molar-refractivity contribution is -0.259. The van der Waals surface area contributed by atoms with E-state index in [9.17, 15) is 15.8 Å². The maximum atomic E-state index is 10.1. The first-order valence-electron chi connectivity index (χ1n) is 7.88. The van der Waals surface area contributed by atoms with E-state index in [1.165, 1.54) is 6.20 Å². The van der Waals surface area contributed by atoms with Gasteiger partial charge in [-0.15, -0.1) is 0 Å². The Bertz CT molecular complexity index is 892. The highest BCUT2D eigenvalue weighted by Crippen LogP contribution is 2.68. The van der Waals surface area contributed by atoms with Gasteiger partial charge in [0.15, 0.2) is 5.41 Å². The normalized spacial score (nSPS) is 37.1. The average molecular weight is 331 g/mol. The molecule has 0 aromatic carbocycles. The number of hydrogen-bond donors (Lipinski definition) is 1. The largest absolute Gasteiger partial charge is 0.444 e. The molecule has 2 fully saturated rings. The van der Waals surface area contributed by atoms with Gasteiger partial charge >= 0.3 is 0 Å². The molecule has 1 aromatic heterocycles. The SMILES string of the molecule is N#CC1(C#N)C(c2ccccn2)OC23C=CCCC2C1(C#N)C(=N)O3. The molecule has 7 heteroatoms. The first-order chi connectivity index (χ1) is 12.1. The van der Waals surface area contributed by atoms with Crippen LogP contribution < -0.4 is 0 Å². The van der Waals surface area contributed by atoms with Gasteiger partial charge in [-0.2, -0.15) is 15.8 Å². The van der Waals surface area contributed by atoms with E-state index in [-0.39, 0.29) is 5.90 Å². The van der Waals surface area contributed by atoms with Crippen molar-refractivity contribution in [2.75, 3.05) is 0 Å². The molecule has 0 spiro atoms. The van der Waals surface area contributed by atoms with Gasteiger partial charge in [0, 0.05) is 6.20 Å². The summed E-state index contributed by atoms with van der Waals surface area (Å²) in [6.07, 6.45) is 5.15. The fourth-order valence-electron chi connectivity index (χ4n) is 4.28. The van der Waals surface area contributed by atoms with Crippen molar-refractivity contribution in [3.05, 3.63) is 42.2 Å². The van der Waals surface area contributed by atoms with E-state index in [1.807, 2.05) is 18.2 Å². The highest BCUT2D eigenvalue weighted by Gasteiger charge is 2.80. The summed E-state index contributed by atoms with van der Waals surface area (Å²) < 4.78 is 11.8. The molecule has 7 nitrogen and oxygen atoms in total. The third-order valence-corrected chi connectivity index (χ3v) is 5.40.